The van der Waals surface area contributed by atoms with Gasteiger partial charge in [-0.15, -0.1) is 0 Å². The molecule has 0 spiro atoms. The molecule has 0 unspecified atom stereocenters. The molecule has 3 nitrogen and oxygen atoms in total. The third-order valence-electron chi connectivity index (χ3n) is 2.99. The van der Waals surface area contributed by atoms with Crippen molar-refractivity contribution in [3.05, 3.63) is 24.3 Å². The Bertz CT molecular complexity index is 363. The number of benzene rings is 1. The summed E-state index contributed by atoms with van der Waals surface area (Å²) in [5, 5.41) is 2.85. The van der Waals surface area contributed by atoms with Crippen LogP contribution in [-0.2, 0) is 4.79 Å². The second-order valence-electron chi connectivity index (χ2n) is 4.65. The highest BCUT2D eigenvalue weighted by Crippen LogP contribution is 2.17. The van der Waals surface area contributed by atoms with Crippen molar-refractivity contribution in [1.29, 1.82) is 0 Å². The fourth-order valence-corrected chi connectivity index (χ4v) is 1.89. The molecule has 18 heavy (non-hydrogen) atoms. The second kappa shape index (κ2) is 8.56. The first-order valence-electron chi connectivity index (χ1n) is 6.88. The SMILES string of the molecule is CCCCCCCCC(=O)Nc1ccccc1N. The lowest BCUT2D eigenvalue weighted by molar-refractivity contribution is -0.116. The van der Waals surface area contributed by atoms with E-state index in [4.69, 9.17) is 5.73 Å². The fourth-order valence-electron chi connectivity index (χ4n) is 1.89. The highest BCUT2D eigenvalue weighted by atomic mass is 16.1. The van der Waals surface area contributed by atoms with Crippen molar-refractivity contribution < 1.29 is 4.79 Å². The minimum Gasteiger partial charge on any atom is -0.397 e. The summed E-state index contributed by atoms with van der Waals surface area (Å²) in [4.78, 5) is 11.7. The minimum atomic E-state index is 0.0587. The number of unbranched alkanes of at least 4 members (excludes halogenated alkanes) is 5. The van der Waals surface area contributed by atoms with E-state index in [1.807, 2.05) is 18.2 Å². The molecule has 3 N–H and O–H groups in total. The Hall–Kier alpha value is -1.51. The van der Waals surface area contributed by atoms with Crippen LogP contribution in [0.3, 0.4) is 0 Å². The molecule has 1 amide bonds. The molecule has 1 rings (SSSR count). The van der Waals surface area contributed by atoms with Crippen molar-refractivity contribution >= 4 is 17.3 Å². The van der Waals surface area contributed by atoms with E-state index in [0.717, 1.165) is 12.8 Å². The number of carbonyl (C=O) groups excluding carboxylic acids is 1. The molecule has 100 valence electrons. The van der Waals surface area contributed by atoms with E-state index in [2.05, 4.69) is 12.2 Å². The first kappa shape index (κ1) is 14.6. The summed E-state index contributed by atoms with van der Waals surface area (Å²) >= 11 is 0. The van der Waals surface area contributed by atoms with E-state index in [1.54, 1.807) is 6.07 Å². The van der Waals surface area contributed by atoms with E-state index in [9.17, 15) is 4.79 Å². The van der Waals surface area contributed by atoms with Crippen LogP contribution in [0.1, 0.15) is 51.9 Å². The van der Waals surface area contributed by atoms with Crippen molar-refractivity contribution in [2.45, 2.75) is 51.9 Å². The average molecular weight is 248 g/mol. The van der Waals surface area contributed by atoms with Crippen molar-refractivity contribution in [3.63, 3.8) is 0 Å². The predicted molar refractivity (Wildman–Crippen MR) is 77.5 cm³/mol. The topological polar surface area (TPSA) is 55.1 Å². The summed E-state index contributed by atoms with van der Waals surface area (Å²) in [7, 11) is 0. The molecule has 1 aromatic rings. The van der Waals surface area contributed by atoms with E-state index >= 15 is 0 Å². The van der Waals surface area contributed by atoms with Crippen molar-refractivity contribution in [3.8, 4) is 0 Å². The van der Waals surface area contributed by atoms with Crippen LogP contribution in [0.2, 0.25) is 0 Å². The zero-order valence-corrected chi connectivity index (χ0v) is 11.2. The van der Waals surface area contributed by atoms with Gasteiger partial charge in [0.05, 0.1) is 11.4 Å². The second-order valence-corrected chi connectivity index (χ2v) is 4.65. The average Bonchev–Trinajstić information content (AvgIpc) is 2.36. The molecular formula is C15H24N2O. The molecule has 0 radical (unpaired) electrons. The van der Waals surface area contributed by atoms with Gasteiger partial charge < -0.3 is 11.1 Å². The molecule has 0 saturated carbocycles. The number of anilines is 2. The minimum absolute atomic E-state index is 0.0587. The summed E-state index contributed by atoms with van der Waals surface area (Å²) < 4.78 is 0. The number of amides is 1. The van der Waals surface area contributed by atoms with Crippen LogP contribution in [0.4, 0.5) is 11.4 Å². The van der Waals surface area contributed by atoms with Crippen LogP contribution in [0, 0.1) is 0 Å². The van der Waals surface area contributed by atoms with Crippen LogP contribution >= 0.6 is 0 Å². The Morgan fingerprint density at radius 1 is 1.11 bits per heavy atom. The number of carbonyl (C=O) groups is 1. The van der Waals surface area contributed by atoms with Crippen LogP contribution in [0.15, 0.2) is 24.3 Å². The molecule has 0 aliphatic heterocycles. The van der Waals surface area contributed by atoms with Gasteiger partial charge in [0, 0.05) is 6.42 Å². The number of nitrogens with two attached hydrogens (primary N) is 1. The monoisotopic (exact) mass is 248 g/mol. The van der Waals surface area contributed by atoms with Crippen LogP contribution in [0.25, 0.3) is 0 Å². The Balaban J connectivity index is 2.16. The number of hydrogen-bond acceptors (Lipinski definition) is 2. The van der Waals surface area contributed by atoms with Gasteiger partial charge in [-0.05, 0) is 18.6 Å². The molecule has 3 heteroatoms. The van der Waals surface area contributed by atoms with Crippen molar-refractivity contribution in [2.24, 2.45) is 0 Å². The van der Waals surface area contributed by atoms with Gasteiger partial charge >= 0.3 is 0 Å². The normalized spacial score (nSPS) is 10.3. The molecule has 1 aromatic carbocycles. The lowest BCUT2D eigenvalue weighted by Gasteiger charge is -2.07. The third-order valence-corrected chi connectivity index (χ3v) is 2.99. The molecule has 0 saturated heterocycles. The lowest BCUT2D eigenvalue weighted by atomic mass is 10.1. The standard InChI is InChI=1S/C15H24N2O/c1-2-3-4-5-6-7-12-15(18)17-14-11-9-8-10-13(14)16/h8-11H,2-7,12,16H2,1H3,(H,17,18). The molecule has 0 aliphatic carbocycles. The van der Waals surface area contributed by atoms with Crippen molar-refractivity contribution in [1.82, 2.24) is 0 Å². The van der Waals surface area contributed by atoms with Gasteiger partial charge in [-0.25, -0.2) is 0 Å². The highest BCUT2D eigenvalue weighted by Gasteiger charge is 2.04. The smallest absolute Gasteiger partial charge is 0.224 e. The van der Waals surface area contributed by atoms with E-state index in [-0.39, 0.29) is 5.91 Å². The maximum atomic E-state index is 11.7. The summed E-state index contributed by atoms with van der Waals surface area (Å²) in [6.07, 6.45) is 7.75. The number of nitrogens with one attached hydrogen (secondary N) is 1. The van der Waals surface area contributed by atoms with E-state index in [0.29, 0.717) is 17.8 Å². The van der Waals surface area contributed by atoms with Crippen molar-refractivity contribution in [2.75, 3.05) is 11.1 Å². The number of hydrogen-bond donors (Lipinski definition) is 2. The first-order chi connectivity index (χ1) is 8.74. The quantitative estimate of drug-likeness (QED) is 0.540. The molecule has 0 heterocycles. The Kier molecular flexibility index (Phi) is 6.92. The molecule has 0 fully saturated rings. The van der Waals surface area contributed by atoms with E-state index in [1.165, 1.54) is 25.7 Å². The van der Waals surface area contributed by atoms with Crippen LogP contribution in [0.5, 0.6) is 0 Å². The summed E-state index contributed by atoms with van der Waals surface area (Å²) in [5.41, 5.74) is 7.10. The summed E-state index contributed by atoms with van der Waals surface area (Å²) in [6.45, 7) is 2.21. The molecular weight excluding hydrogens is 224 g/mol. The third kappa shape index (κ3) is 5.71. The van der Waals surface area contributed by atoms with Gasteiger partial charge in [0.15, 0.2) is 0 Å². The van der Waals surface area contributed by atoms with Gasteiger partial charge in [0.2, 0.25) is 5.91 Å². The number of nitrogen functional groups attached to an aromatic ring is 1. The van der Waals surface area contributed by atoms with Gasteiger partial charge in [0.25, 0.3) is 0 Å². The summed E-state index contributed by atoms with van der Waals surface area (Å²) in [5.74, 6) is 0.0587. The molecule has 0 aromatic heterocycles. The van der Waals surface area contributed by atoms with Gasteiger partial charge in [-0.1, -0.05) is 51.2 Å². The van der Waals surface area contributed by atoms with Gasteiger partial charge in [0.1, 0.15) is 0 Å². The summed E-state index contributed by atoms with van der Waals surface area (Å²) in [6, 6.07) is 7.35. The number of rotatable bonds is 8. The largest absolute Gasteiger partial charge is 0.397 e. The molecule has 0 atom stereocenters. The first-order valence-corrected chi connectivity index (χ1v) is 6.88. The molecule has 0 bridgehead atoms. The lowest BCUT2D eigenvalue weighted by Crippen LogP contribution is -2.12. The zero-order chi connectivity index (χ0) is 13.2. The maximum Gasteiger partial charge on any atom is 0.224 e. The van der Waals surface area contributed by atoms with Crippen LogP contribution < -0.4 is 11.1 Å². The molecule has 0 aliphatic rings. The van der Waals surface area contributed by atoms with Gasteiger partial charge in [-0.2, -0.15) is 0 Å². The predicted octanol–water partition coefficient (Wildman–Crippen LogP) is 3.96. The van der Waals surface area contributed by atoms with Gasteiger partial charge in [-0.3, -0.25) is 4.79 Å². The zero-order valence-electron chi connectivity index (χ0n) is 11.2. The Morgan fingerprint density at radius 2 is 1.78 bits per heavy atom. The Morgan fingerprint density at radius 3 is 2.50 bits per heavy atom. The number of para-hydroxylation sites is 2. The maximum absolute atomic E-state index is 11.7. The van der Waals surface area contributed by atoms with E-state index < -0.39 is 0 Å². The van der Waals surface area contributed by atoms with Crippen LogP contribution in [-0.4, -0.2) is 5.91 Å². The fraction of sp³-hybridized carbons (Fsp3) is 0.533. The highest BCUT2D eigenvalue weighted by molar-refractivity contribution is 5.93. The Labute approximate surface area is 110 Å².